The number of nitrogens with zero attached hydrogens (tertiary/aromatic N) is 1. The van der Waals surface area contributed by atoms with Crippen LogP contribution in [0.2, 0.25) is 0 Å². The molecule has 2 aromatic rings. The summed E-state index contributed by atoms with van der Waals surface area (Å²) in [7, 11) is 2.13. The summed E-state index contributed by atoms with van der Waals surface area (Å²) in [6.07, 6.45) is 4.73. The lowest BCUT2D eigenvalue weighted by Gasteiger charge is -2.20. The summed E-state index contributed by atoms with van der Waals surface area (Å²) in [4.78, 5) is 2.24. The average Bonchev–Trinajstić information content (AvgIpc) is 2.49. The molecule has 0 bridgehead atoms. The minimum absolute atomic E-state index is 1.16. The maximum absolute atomic E-state index is 2.24. The van der Waals surface area contributed by atoms with Crippen LogP contribution in [0.4, 0.5) is 11.4 Å². The van der Waals surface area contributed by atoms with E-state index in [-0.39, 0.29) is 0 Å². The van der Waals surface area contributed by atoms with Crippen LogP contribution in [0.1, 0.15) is 37.8 Å². The fraction of sp³-hybridized carbons (Fsp3) is 0.368. The summed E-state index contributed by atoms with van der Waals surface area (Å²) >= 11 is 0. The van der Waals surface area contributed by atoms with Gasteiger partial charge in [0, 0.05) is 18.4 Å². The van der Waals surface area contributed by atoms with Crippen LogP contribution in [0.25, 0.3) is 0 Å². The Kier molecular flexibility index (Phi) is 5.23. The monoisotopic (exact) mass is 267 g/mol. The summed E-state index contributed by atoms with van der Waals surface area (Å²) in [5.41, 5.74) is 5.33. The molecule has 1 heteroatoms. The van der Waals surface area contributed by atoms with Gasteiger partial charge in [0.15, 0.2) is 0 Å². The van der Waals surface area contributed by atoms with Crippen LogP contribution >= 0.6 is 0 Å². The first kappa shape index (κ1) is 14.6. The van der Waals surface area contributed by atoms with E-state index in [1.54, 1.807) is 0 Å². The third-order valence-electron chi connectivity index (χ3n) is 3.72. The van der Waals surface area contributed by atoms with E-state index in [9.17, 15) is 0 Å². The smallest absolute Gasteiger partial charge is 0.0408 e. The summed E-state index contributed by atoms with van der Waals surface area (Å²) in [6, 6.07) is 17.8. The summed E-state index contributed by atoms with van der Waals surface area (Å²) in [5.74, 6) is 0. The fourth-order valence-corrected chi connectivity index (χ4v) is 2.50. The molecular weight excluding hydrogens is 242 g/mol. The Bertz CT molecular complexity index is 461. The van der Waals surface area contributed by atoms with Crippen molar-refractivity contribution >= 4 is 11.4 Å². The van der Waals surface area contributed by atoms with Crippen molar-refractivity contribution < 1.29 is 0 Å². The number of hydrogen-bond donors (Lipinski definition) is 0. The van der Waals surface area contributed by atoms with E-state index in [0.29, 0.717) is 0 Å². The Balaban J connectivity index is 2.11. The van der Waals surface area contributed by atoms with E-state index in [0.717, 1.165) is 12.8 Å². The normalized spacial score (nSPS) is 10.6. The predicted molar refractivity (Wildman–Crippen MR) is 88.9 cm³/mol. The van der Waals surface area contributed by atoms with Gasteiger partial charge in [0.1, 0.15) is 0 Å². The zero-order chi connectivity index (χ0) is 14.4. The van der Waals surface area contributed by atoms with Gasteiger partial charge in [-0.05, 0) is 48.2 Å². The molecule has 2 rings (SSSR count). The van der Waals surface area contributed by atoms with Crippen LogP contribution in [0.15, 0.2) is 48.5 Å². The van der Waals surface area contributed by atoms with Crippen molar-refractivity contribution in [3.8, 4) is 0 Å². The highest BCUT2D eigenvalue weighted by Gasteiger charge is 2.04. The molecule has 1 nitrogen and oxygen atoms in total. The summed E-state index contributed by atoms with van der Waals surface area (Å²) in [6.45, 7) is 4.44. The molecule has 0 aliphatic rings. The molecule has 0 unspecified atom stereocenters. The van der Waals surface area contributed by atoms with E-state index in [4.69, 9.17) is 0 Å². The van der Waals surface area contributed by atoms with Gasteiger partial charge in [-0.1, -0.05) is 51.0 Å². The van der Waals surface area contributed by atoms with Crippen molar-refractivity contribution in [2.75, 3.05) is 11.9 Å². The molecule has 0 aromatic heterocycles. The van der Waals surface area contributed by atoms with Gasteiger partial charge in [0.25, 0.3) is 0 Å². The van der Waals surface area contributed by atoms with Crippen LogP contribution in [0, 0.1) is 0 Å². The maximum atomic E-state index is 2.24. The van der Waals surface area contributed by atoms with Crippen molar-refractivity contribution in [2.24, 2.45) is 0 Å². The zero-order valence-corrected chi connectivity index (χ0v) is 12.9. The fourth-order valence-electron chi connectivity index (χ4n) is 2.50. The number of hydrogen-bond acceptors (Lipinski definition) is 1. The Hall–Kier alpha value is -1.76. The molecule has 0 saturated heterocycles. The van der Waals surface area contributed by atoms with Gasteiger partial charge >= 0.3 is 0 Å². The standard InChI is InChI=1S/C19H25N/c1-4-6-16-8-12-18(13-9-16)20(3)19-14-10-17(7-5-2)11-15-19/h8-15H,4-7H2,1-3H3. The number of anilines is 2. The molecular formula is C19H25N. The van der Waals surface area contributed by atoms with E-state index >= 15 is 0 Å². The van der Waals surface area contributed by atoms with E-state index in [2.05, 4.69) is 74.3 Å². The zero-order valence-electron chi connectivity index (χ0n) is 12.9. The molecule has 0 amide bonds. The molecule has 0 radical (unpaired) electrons. The van der Waals surface area contributed by atoms with Gasteiger partial charge in [-0.15, -0.1) is 0 Å². The highest BCUT2D eigenvalue weighted by Crippen LogP contribution is 2.24. The lowest BCUT2D eigenvalue weighted by Crippen LogP contribution is -2.09. The number of rotatable bonds is 6. The maximum Gasteiger partial charge on any atom is 0.0408 e. The van der Waals surface area contributed by atoms with Crippen LogP contribution in [-0.4, -0.2) is 7.05 Å². The molecule has 0 atom stereocenters. The van der Waals surface area contributed by atoms with Gasteiger partial charge in [-0.3, -0.25) is 0 Å². The summed E-state index contributed by atoms with van der Waals surface area (Å²) < 4.78 is 0. The molecule has 0 aliphatic heterocycles. The SMILES string of the molecule is CCCc1ccc(N(C)c2ccc(CCC)cc2)cc1. The first-order chi connectivity index (χ1) is 9.74. The third kappa shape index (κ3) is 3.63. The molecule has 20 heavy (non-hydrogen) atoms. The molecule has 2 aromatic carbocycles. The number of aryl methyl sites for hydroxylation is 2. The van der Waals surface area contributed by atoms with Gasteiger partial charge in [0.2, 0.25) is 0 Å². The van der Waals surface area contributed by atoms with Crippen LogP contribution in [-0.2, 0) is 12.8 Å². The molecule has 0 heterocycles. The molecule has 0 aliphatic carbocycles. The van der Waals surface area contributed by atoms with Crippen LogP contribution in [0.3, 0.4) is 0 Å². The highest BCUT2D eigenvalue weighted by atomic mass is 15.1. The largest absolute Gasteiger partial charge is 0.345 e. The van der Waals surface area contributed by atoms with Crippen molar-refractivity contribution in [3.63, 3.8) is 0 Å². The van der Waals surface area contributed by atoms with E-state index in [1.807, 2.05) is 0 Å². The lowest BCUT2D eigenvalue weighted by atomic mass is 10.1. The molecule has 106 valence electrons. The highest BCUT2D eigenvalue weighted by molar-refractivity contribution is 5.62. The van der Waals surface area contributed by atoms with Crippen molar-refractivity contribution in [1.29, 1.82) is 0 Å². The lowest BCUT2D eigenvalue weighted by molar-refractivity contribution is 0.920. The summed E-state index contributed by atoms with van der Waals surface area (Å²) in [5, 5.41) is 0. The van der Waals surface area contributed by atoms with Crippen molar-refractivity contribution in [2.45, 2.75) is 39.5 Å². The third-order valence-corrected chi connectivity index (χ3v) is 3.72. The first-order valence-corrected chi connectivity index (χ1v) is 7.66. The minimum Gasteiger partial charge on any atom is -0.345 e. The molecule has 0 saturated carbocycles. The number of benzene rings is 2. The first-order valence-electron chi connectivity index (χ1n) is 7.66. The van der Waals surface area contributed by atoms with Crippen molar-refractivity contribution in [3.05, 3.63) is 59.7 Å². The molecule has 0 N–H and O–H groups in total. The Morgan fingerprint density at radius 3 is 1.30 bits per heavy atom. The average molecular weight is 267 g/mol. The topological polar surface area (TPSA) is 3.24 Å². The van der Waals surface area contributed by atoms with E-state index in [1.165, 1.54) is 35.3 Å². The van der Waals surface area contributed by atoms with Gasteiger partial charge in [0.05, 0.1) is 0 Å². The van der Waals surface area contributed by atoms with Gasteiger partial charge in [-0.2, -0.15) is 0 Å². The van der Waals surface area contributed by atoms with Gasteiger partial charge in [-0.25, -0.2) is 0 Å². The quantitative estimate of drug-likeness (QED) is 0.681. The van der Waals surface area contributed by atoms with Crippen LogP contribution < -0.4 is 4.90 Å². The second-order valence-corrected chi connectivity index (χ2v) is 5.39. The predicted octanol–water partition coefficient (Wildman–Crippen LogP) is 5.36. The van der Waals surface area contributed by atoms with Crippen molar-refractivity contribution in [1.82, 2.24) is 0 Å². The second-order valence-electron chi connectivity index (χ2n) is 5.39. The Morgan fingerprint density at radius 2 is 1.00 bits per heavy atom. The van der Waals surface area contributed by atoms with Gasteiger partial charge < -0.3 is 4.90 Å². The second kappa shape index (κ2) is 7.14. The molecule has 0 spiro atoms. The molecule has 0 fully saturated rings. The van der Waals surface area contributed by atoms with E-state index < -0.39 is 0 Å². The minimum atomic E-state index is 1.16. The van der Waals surface area contributed by atoms with Crippen LogP contribution in [0.5, 0.6) is 0 Å². The Morgan fingerprint density at radius 1 is 0.650 bits per heavy atom. The Labute approximate surface area is 123 Å².